The van der Waals surface area contributed by atoms with E-state index in [1.165, 1.54) is 12.1 Å². The van der Waals surface area contributed by atoms with Crippen LogP contribution in [0.3, 0.4) is 0 Å². The molecule has 3 heterocycles. The van der Waals surface area contributed by atoms with Crippen molar-refractivity contribution >= 4 is 5.91 Å². The maximum atomic E-state index is 13.3. The summed E-state index contributed by atoms with van der Waals surface area (Å²) >= 11 is 0. The van der Waals surface area contributed by atoms with E-state index in [4.69, 9.17) is 0 Å². The molecule has 0 saturated carbocycles. The Morgan fingerprint density at radius 2 is 1.79 bits per heavy atom. The van der Waals surface area contributed by atoms with Crippen LogP contribution in [0.5, 0.6) is 0 Å². The maximum Gasteiger partial charge on any atom is 0.272 e. The van der Waals surface area contributed by atoms with Gasteiger partial charge in [0.15, 0.2) is 5.69 Å². The molecule has 0 atom stereocenters. The third-order valence-electron chi connectivity index (χ3n) is 4.17. The molecule has 0 radical (unpaired) electrons. The van der Waals surface area contributed by atoms with Crippen molar-refractivity contribution in [3.05, 3.63) is 96.5 Å². The van der Waals surface area contributed by atoms with Crippen molar-refractivity contribution in [2.24, 2.45) is 0 Å². The fourth-order valence-electron chi connectivity index (χ4n) is 2.78. The second-order valence-corrected chi connectivity index (χ2v) is 6.08. The van der Waals surface area contributed by atoms with Gasteiger partial charge in [0.25, 0.3) is 5.91 Å². The summed E-state index contributed by atoms with van der Waals surface area (Å²) in [4.78, 5) is 20.7. The van der Waals surface area contributed by atoms with Gasteiger partial charge in [0.2, 0.25) is 0 Å². The van der Waals surface area contributed by atoms with E-state index in [9.17, 15) is 9.18 Å². The van der Waals surface area contributed by atoms with Gasteiger partial charge in [-0.05, 0) is 54.1 Å². The van der Waals surface area contributed by atoms with Gasteiger partial charge in [-0.3, -0.25) is 14.8 Å². The van der Waals surface area contributed by atoms with Crippen molar-refractivity contribution in [3.63, 3.8) is 0 Å². The quantitative estimate of drug-likeness (QED) is 0.582. The van der Waals surface area contributed by atoms with Crippen LogP contribution in [0.15, 0.2) is 79.4 Å². The molecule has 1 N–H and O–H groups in total. The Labute approximate surface area is 160 Å². The first-order chi connectivity index (χ1) is 13.7. The molecule has 138 valence electrons. The van der Waals surface area contributed by atoms with Gasteiger partial charge in [-0.1, -0.05) is 6.07 Å². The summed E-state index contributed by atoms with van der Waals surface area (Å²) in [5.41, 5.74) is 3.36. The number of rotatable bonds is 5. The van der Waals surface area contributed by atoms with Crippen LogP contribution in [-0.4, -0.2) is 25.7 Å². The molecule has 0 aliphatic heterocycles. The number of carbonyl (C=O) groups is 1. The molecule has 0 aliphatic carbocycles. The van der Waals surface area contributed by atoms with Crippen LogP contribution >= 0.6 is 0 Å². The van der Waals surface area contributed by atoms with E-state index < -0.39 is 0 Å². The molecule has 1 amide bonds. The minimum atomic E-state index is -0.337. The van der Waals surface area contributed by atoms with Crippen molar-refractivity contribution in [2.45, 2.75) is 6.54 Å². The molecule has 0 aliphatic rings. The first kappa shape index (κ1) is 17.5. The predicted octanol–water partition coefficient (Wildman–Crippen LogP) is 3.40. The molecule has 4 rings (SSSR count). The van der Waals surface area contributed by atoms with Crippen LogP contribution in [0.4, 0.5) is 4.39 Å². The van der Waals surface area contributed by atoms with E-state index in [1.54, 1.807) is 47.7 Å². The zero-order chi connectivity index (χ0) is 19.3. The van der Waals surface area contributed by atoms with Crippen LogP contribution in [0, 0.1) is 5.82 Å². The van der Waals surface area contributed by atoms with E-state index in [2.05, 4.69) is 20.4 Å². The summed E-state index contributed by atoms with van der Waals surface area (Å²) in [5, 5.41) is 7.29. The average Bonchev–Trinajstić information content (AvgIpc) is 3.19. The van der Waals surface area contributed by atoms with Crippen LogP contribution in [0.1, 0.15) is 16.1 Å². The van der Waals surface area contributed by atoms with E-state index in [1.807, 2.05) is 24.3 Å². The number of nitrogens with zero attached hydrogens (tertiary/aromatic N) is 4. The van der Waals surface area contributed by atoms with Crippen LogP contribution < -0.4 is 5.32 Å². The molecule has 6 nitrogen and oxygen atoms in total. The topological polar surface area (TPSA) is 72.7 Å². The standard InChI is InChI=1S/C21H16FN5O/c22-17-3-5-18(6-4-17)27-20(16-7-10-23-11-8-16)12-19(26-27)21(28)25-14-15-2-1-9-24-13-15/h1-13H,14H2,(H,25,28). The van der Waals surface area contributed by atoms with Gasteiger partial charge < -0.3 is 5.32 Å². The number of benzene rings is 1. The highest BCUT2D eigenvalue weighted by Gasteiger charge is 2.16. The Balaban J connectivity index is 1.66. The maximum absolute atomic E-state index is 13.3. The summed E-state index contributed by atoms with van der Waals surface area (Å²) in [6.45, 7) is 0.348. The van der Waals surface area contributed by atoms with E-state index >= 15 is 0 Å². The highest BCUT2D eigenvalue weighted by atomic mass is 19.1. The molecule has 0 bridgehead atoms. The van der Waals surface area contributed by atoms with Crippen molar-refractivity contribution in [1.82, 2.24) is 25.1 Å². The Bertz CT molecular complexity index is 1080. The van der Waals surface area contributed by atoms with Gasteiger partial charge >= 0.3 is 0 Å². The minimum absolute atomic E-state index is 0.264. The molecule has 4 aromatic rings. The van der Waals surface area contributed by atoms with Gasteiger partial charge in [0.05, 0.1) is 11.4 Å². The van der Waals surface area contributed by atoms with Crippen molar-refractivity contribution in [1.29, 1.82) is 0 Å². The van der Waals surface area contributed by atoms with Crippen LogP contribution in [-0.2, 0) is 6.54 Å². The van der Waals surface area contributed by atoms with Crippen molar-refractivity contribution in [3.8, 4) is 16.9 Å². The molecule has 0 unspecified atom stereocenters. The van der Waals surface area contributed by atoms with E-state index in [0.717, 1.165) is 11.1 Å². The number of halogens is 1. The molecule has 0 saturated heterocycles. The number of amides is 1. The SMILES string of the molecule is O=C(NCc1cccnc1)c1cc(-c2ccncc2)n(-c2ccc(F)cc2)n1. The van der Waals surface area contributed by atoms with Gasteiger partial charge in [-0.2, -0.15) is 5.10 Å². The lowest BCUT2D eigenvalue weighted by atomic mass is 10.2. The third-order valence-corrected chi connectivity index (χ3v) is 4.17. The van der Waals surface area contributed by atoms with E-state index in [-0.39, 0.29) is 17.4 Å². The van der Waals surface area contributed by atoms with Gasteiger partial charge in [0, 0.05) is 36.9 Å². The highest BCUT2D eigenvalue weighted by molar-refractivity contribution is 5.93. The molecule has 1 aromatic carbocycles. The first-order valence-corrected chi connectivity index (χ1v) is 8.64. The average molecular weight is 373 g/mol. The largest absolute Gasteiger partial charge is 0.347 e. The van der Waals surface area contributed by atoms with E-state index in [0.29, 0.717) is 17.9 Å². The number of hydrogen-bond donors (Lipinski definition) is 1. The summed E-state index contributed by atoms with van der Waals surface area (Å²) in [6, 6.07) is 15.0. The summed E-state index contributed by atoms with van der Waals surface area (Å²) in [5.74, 6) is -0.643. The summed E-state index contributed by atoms with van der Waals surface area (Å²) in [6.07, 6.45) is 6.70. The van der Waals surface area contributed by atoms with Crippen LogP contribution in [0.25, 0.3) is 16.9 Å². The third kappa shape index (κ3) is 3.78. The van der Waals surface area contributed by atoms with Gasteiger partial charge in [0.1, 0.15) is 5.82 Å². The molecule has 0 spiro atoms. The lowest BCUT2D eigenvalue weighted by Crippen LogP contribution is -2.23. The number of nitrogens with one attached hydrogen (secondary N) is 1. The smallest absolute Gasteiger partial charge is 0.272 e. The predicted molar refractivity (Wildman–Crippen MR) is 102 cm³/mol. The molecule has 0 fully saturated rings. The molecular weight excluding hydrogens is 357 g/mol. The van der Waals surface area contributed by atoms with Crippen LogP contribution in [0.2, 0.25) is 0 Å². The lowest BCUT2D eigenvalue weighted by Gasteiger charge is -2.07. The summed E-state index contributed by atoms with van der Waals surface area (Å²) < 4.78 is 14.9. The zero-order valence-electron chi connectivity index (χ0n) is 14.8. The normalized spacial score (nSPS) is 10.6. The zero-order valence-corrected chi connectivity index (χ0v) is 14.8. The lowest BCUT2D eigenvalue weighted by molar-refractivity contribution is 0.0945. The fraction of sp³-hybridized carbons (Fsp3) is 0.0476. The minimum Gasteiger partial charge on any atom is -0.347 e. The van der Waals surface area contributed by atoms with Gasteiger partial charge in [-0.15, -0.1) is 0 Å². The highest BCUT2D eigenvalue weighted by Crippen LogP contribution is 2.24. The Kier molecular flexibility index (Phi) is 4.88. The Morgan fingerprint density at radius 3 is 2.50 bits per heavy atom. The van der Waals surface area contributed by atoms with Gasteiger partial charge in [-0.25, -0.2) is 9.07 Å². The summed E-state index contributed by atoms with van der Waals surface area (Å²) in [7, 11) is 0. The molecular formula is C21H16FN5O. The van der Waals surface area contributed by atoms with Crippen molar-refractivity contribution in [2.75, 3.05) is 0 Å². The fourth-order valence-corrected chi connectivity index (χ4v) is 2.78. The monoisotopic (exact) mass is 373 g/mol. The van der Waals surface area contributed by atoms with Crippen molar-refractivity contribution < 1.29 is 9.18 Å². The Morgan fingerprint density at radius 1 is 1.00 bits per heavy atom. The second kappa shape index (κ2) is 7.79. The first-order valence-electron chi connectivity index (χ1n) is 8.64. The molecule has 28 heavy (non-hydrogen) atoms. The second-order valence-electron chi connectivity index (χ2n) is 6.08. The number of carbonyl (C=O) groups excluding carboxylic acids is 1. The number of hydrogen-bond acceptors (Lipinski definition) is 4. The Hall–Kier alpha value is -3.87. The number of aromatic nitrogens is 4. The molecule has 3 aromatic heterocycles. The molecule has 7 heteroatoms. The number of pyridine rings is 2.